The standard InChI is InChI=1S/C6H2Br2F10O/c7-3(11,6(16,17)18)4(8,12)19-1-2(9,10)5(13,14)15/h1H2/t3-,4-/m1/s1. The number of halogens is 12. The van der Waals surface area contributed by atoms with Crippen molar-refractivity contribution in [2.75, 3.05) is 6.61 Å². The largest absolute Gasteiger partial charge is 0.455 e. The zero-order valence-electron chi connectivity index (χ0n) is 8.15. The van der Waals surface area contributed by atoms with Crippen LogP contribution in [-0.2, 0) is 4.74 Å². The van der Waals surface area contributed by atoms with Crippen LogP contribution in [0.2, 0.25) is 0 Å². The Bertz CT molecular complexity index is 319. The minimum atomic E-state index is -6.19. The molecule has 0 aromatic carbocycles. The van der Waals surface area contributed by atoms with Gasteiger partial charge < -0.3 is 4.74 Å². The van der Waals surface area contributed by atoms with Crippen molar-refractivity contribution < 1.29 is 48.6 Å². The smallest absolute Gasteiger partial charge is 0.327 e. The molecule has 0 radical (unpaired) electrons. The van der Waals surface area contributed by atoms with Gasteiger partial charge in [0.1, 0.15) is 6.61 Å². The molecule has 1 nitrogen and oxygen atoms in total. The van der Waals surface area contributed by atoms with E-state index in [0.717, 1.165) is 0 Å². The quantitative estimate of drug-likeness (QED) is 0.450. The van der Waals surface area contributed by atoms with Gasteiger partial charge in [0.2, 0.25) is 0 Å². The van der Waals surface area contributed by atoms with Crippen LogP contribution in [0.4, 0.5) is 43.9 Å². The van der Waals surface area contributed by atoms with Gasteiger partial charge in [-0.25, -0.2) is 4.39 Å². The Kier molecular flexibility index (Phi) is 5.26. The minimum absolute atomic E-state index is 1.18. The molecule has 0 rings (SSSR count). The van der Waals surface area contributed by atoms with Crippen LogP contribution in [0.3, 0.4) is 0 Å². The van der Waals surface area contributed by atoms with E-state index in [4.69, 9.17) is 0 Å². The number of hydrogen-bond acceptors (Lipinski definition) is 1. The van der Waals surface area contributed by atoms with Crippen LogP contribution in [-0.4, -0.2) is 34.2 Å². The van der Waals surface area contributed by atoms with Gasteiger partial charge in [-0.15, -0.1) is 0 Å². The number of hydrogen-bond donors (Lipinski definition) is 0. The fourth-order valence-corrected chi connectivity index (χ4v) is 0.972. The van der Waals surface area contributed by atoms with E-state index >= 15 is 0 Å². The van der Waals surface area contributed by atoms with Crippen LogP contribution in [0.5, 0.6) is 0 Å². The van der Waals surface area contributed by atoms with E-state index in [9.17, 15) is 43.9 Å². The Morgan fingerprint density at radius 1 is 0.684 bits per heavy atom. The molecule has 116 valence electrons. The van der Waals surface area contributed by atoms with Gasteiger partial charge in [0, 0.05) is 0 Å². The first-order valence-electron chi connectivity index (χ1n) is 3.86. The Morgan fingerprint density at radius 2 is 1.05 bits per heavy atom. The second kappa shape index (κ2) is 5.20. The van der Waals surface area contributed by atoms with Crippen LogP contribution >= 0.6 is 31.9 Å². The molecule has 0 fully saturated rings. The molecule has 19 heavy (non-hydrogen) atoms. The molecule has 0 amide bonds. The molecule has 0 aromatic heterocycles. The minimum Gasteiger partial charge on any atom is -0.327 e. The van der Waals surface area contributed by atoms with E-state index in [1.54, 1.807) is 0 Å². The van der Waals surface area contributed by atoms with Gasteiger partial charge in [-0.1, -0.05) is 0 Å². The summed E-state index contributed by atoms with van der Waals surface area (Å²) in [6.45, 7) is -2.86. The lowest BCUT2D eigenvalue weighted by atomic mass is 10.3. The van der Waals surface area contributed by atoms with Crippen molar-refractivity contribution in [3.63, 3.8) is 0 Å². The first-order chi connectivity index (χ1) is 7.96. The third kappa shape index (κ3) is 4.09. The molecule has 0 saturated carbocycles. The molecule has 0 spiro atoms. The van der Waals surface area contributed by atoms with Crippen LogP contribution in [0.15, 0.2) is 0 Å². The maximum Gasteiger partial charge on any atom is 0.455 e. The van der Waals surface area contributed by atoms with Crippen molar-refractivity contribution in [3.8, 4) is 0 Å². The first kappa shape index (κ1) is 19.2. The molecule has 0 aliphatic carbocycles. The fraction of sp³-hybridized carbons (Fsp3) is 1.00. The molecule has 0 aliphatic rings. The molecule has 13 heteroatoms. The maximum atomic E-state index is 13.1. The van der Waals surface area contributed by atoms with Crippen molar-refractivity contribution in [1.82, 2.24) is 0 Å². The van der Waals surface area contributed by atoms with E-state index in [-0.39, 0.29) is 0 Å². The van der Waals surface area contributed by atoms with Crippen molar-refractivity contribution in [2.45, 2.75) is 27.6 Å². The summed E-state index contributed by atoms with van der Waals surface area (Å²) in [6.07, 6.45) is -12.2. The highest BCUT2D eigenvalue weighted by atomic mass is 79.9. The molecule has 0 heterocycles. The number of rotatable bonds is 4. The zero-order chi connectivity index (χ0) is 15.9. The summed E-state index contributed by atoms with van der Waals surface area (Å²) in [6, 6.07) is 0. The number of ether oxygens (including phenoxy) is 1. The van der Waals surface area contributed by atoms with Gasteiger partial charge in [-0.05, 0) is 31.9 Å². The van der Waals surface area contributed by atoms with Gasteiger partial charge in [-0.2, -0.15) is 39.5 Å². The molecule has 0 N–H and O–H groups in total. The molecular formula is C6H2Br2F10O. The Hall–Kier alpha value is 0.220. The van der Waals surface area contributed by atoms with Crippen molar-refractivity contribution in [3.05, 3.63) is 0 Å². The third-order valence-corrected chi connectivity index (χ3v) is 3.84. The van der Waals surface area contributed by atoms with Gasteiger partial charge in [0.15, 0.2) is 0 Å². The first-order valence-corrected chi connectivity index (χ1v) is 5.45. The van der Waals surface area contributed by atoms with E-state index in [0.29, 0.717) is 0 Å². The fourth-order valence-electron chi connectivity index (χ4n) is 0.519. The normalized spacial score (nSPS) is 20.8. The predicted molar refractivity (Wildman–Crippen MR) is 48.5 cm³/mol. The lowest BCUT2D eigenvalue weighted by Gasteiger charge is -2.32. The monoisotopic (exact) mass is 438 g/mol. The summed E-state index contributed by atoms with van der Waals surface area (Å²) in [5.74, 6) is -5.66. The van der Waals surface area contributed by atoms with Crippen LogP contribution < -0.4 is 0 Å². The van der Waals surface area contributed by atoms with E-state index in [1.807, 2.05) is 0 Å². The van der Waals surface area contributed by atoms with Crippen LogP contribution in [0, 0.1) is 0 Å². The highest BCUT2D eigenvalue weighted by Gasteiger charge is 2.70. The third-order valence-electron chi connectivity index (χ3n) is 1.57. The Labute approximate surface area is 115 Å². The predicted octanol–water partition coefficient (Wildman–Crippen LogP) is 4.84. The van der Waals surface area contributed by atoms with E-state index in [2.05, 4.69) is 4.74 Å². The average molecular weight is 440 g/mol. The molecule has 0 saturated heterocycles. The highest BCUT2D eigenvalue weighted by Crippen LogP contribution is 2.53. The zero-order valence-corrected chi connectivity index (χ0v) is 11.3. The second-order valence-electron chi connectivity index (χ2n) is 3.08. The van der Waals surface area contributed by atoms with Gasteiger partial charge >= 0.3 is 27.6 Å². The summed E-state index contributed by atoms with van der Waals surface area (Å²) in [7, 11) is 0. The summed E-state index contributed by atoms with van der Waals surface area (Å²) < 4.78 is 115. The molecular weight excluding hydrogens is 438 g/mol. The molecule has 0 bridgehead atoms. The van der Waals surface area contributed by atoms with E-state index < -0.39 is 34.2 Å². The average Bonchev–Trinajstić information content (AvgIpc) is 2.11. The molecule has 0 aliphatic heterocycles. The Morgan fingerprint density at radius 3 is 1.32 bits per heavy atom. The lowest BCUT2D eigenvalue weighted by Crippen LogP contribution is -2.53. The molecule has 0 unspecified atom stereocenters. The van der Waals surface area contributed by atoms with Gasteiger partial charge in [-0.3, -0.25) is 0 Å². The van der Waals surface area contributed by atoms with Crippen LogP contribution in [0.1, 0.15) is 0 Å². The number of alkyl halides is 12. The van der Waals surface area contributed by atoms with Crippen molar-refractivity contribution >= 4 is 31.9 Å². The van der Waals surface area contributed by atoms with Crippen molar-refractivity contribution in [2.24, 2.45) is 0 Å². The summed E-state index contributed by atoms with van der Waals surface area (Å²) >= 11 is 2.50. The van der Waals surface area contributed by atoms with Gasteiger partial charge in [0.05, 0.1) is 0 Å². The van der Waals surface area contributed by atoms with Crippen molar-refractivity contribution in [1.29, 1.82) is 0 Å². The Balaban J connectivity index is 5.01. The van der Waals surface area contributed by atoms with Crippen LogP contribution in [0.25, 0.3) is 0 Å². The highest BCUT2D eigenvalue weighted by molar-refractivity contribution is 9.12. The SMILES string of the molecule is FC(F)(F)C(F)(F)CO[C@@](F)(Br)[C@](F)(Br)C(F)(F)F. The molecule has 0 aromatic rings. The summed E-state index contributed by atoms with van der Waals surface area (Å²) in [4.78, 5) is 0. The summed E-state index contributed by atoms with van der Waals surface area (Å²) in [5, 5.41) is 0. The topological polar surface area (TPSA) is 9.23 Å². The van der Waals surface area contributed by atoms with Gasteiger partial charge in [0.25, 0.3) is 0 Å². The summed E-state index contributed by atoms with van der Waals surface area (Å²) in [5.41, 5.74) is 0. The second-order valence-corrected chi connectivity index (χ2v) is 5.19. The maximum absolute atomic E-state index is 13.1. The lowest BCUT2D eigenvalue weighted by molar-refractivity contribution is -0.321. The van der Waals surface area contributed by atoms with E-state index in [1.165, 1.54) is 31.9 Å². The molecule has 2 atom stereocenters.